The zero-order valence-electron chi connectivity index (χ0n) is 17.5. The van der Waals surface area contributed by atoms with Gasteiger partial charge < -0.3 is 14.8 Å². The van der Waals surface area contributed by atoms with E-state index in [4.69, 9.17) is 9.47 Å². The Morgan fingerprint density at radius 2 is 1.81 bits per heavy atom. The predicted octanol–water partition coefficient (Wildman–Crippen LogP) is 3.28. The predicted molar refractivity (Wildman–Crippen MR) is 125 cm³/mol. The number of hydrogen-bond acceptors (Lipinski definition) is 6. The number of sulfonamides is 1. The molecule has 0 fully saturated rings. The number of carbonyl (C=O) groups is 1. The van der Waals surface area contributed by atoms with Crippen molar-refractivity contribution < 1.29 is 22.7 Å². The van der Waals surface area contributed by atoms with Crippen molar-refractivity contribution in [1.82, 2.24) is 10.0 Å². The highest BCUT2D eigenvalue weighted by Gasteiger charge is 2.26. The summed E-state index contributed by atoms with van der Waals surface area (Å²) in [4.78, 5) is 13.0. The Kier molecular flexibility index (Phi) is 6.88. The van der Waals surface area contributed by atoms with Gasteiger partial charge in [0, 0.05) is 6.54 Å². The lowest BCUT2D eigenvalue weighted by Crippen LogP contribution is -2.46. The van der Waals surface area contributed by atoms with Crippen molar-refractivity contribution >= 4 is 38.5 Å². The fourth-order valence-electron chi connectivity index (χ4n) is 3.43. The number of benzene rings is 3. The van der Waals surface area contributed by atoms with E-state index in [1.54, 1.807) is 42.1 Å². The molecule has 2 N–H and O–H groups in total. The van der Waals surface area contributed by atoms with Crippen molar-refractivity contribution in [3.63, 3.8) is 0 Å². The molecule has 0 spiro atoms. The number of rotatable bonds is 9. The third-order valence-corrected chi connectivity index (χ3v) is 7.27. The van der Waals surface area contributed by atoms with Crippen LogP contribution in [-0.2, 0) is 21.4 Å². The van der Waals surface area contributed by atoms with E-state index in [9.17, 15) is 13.2 Å². The molecule has 0 unspecified atom stereocenters. The van der Waals surface area contributed by atoms with E-state index in [0.29, 0.717) is 23.7 Å². The summed E-state index contributed by atoms with van der Waals surface area (Å²) in [6.45, 7) is 0.432. The first-order chi connectivity index (χ1) is 15.5. The van der Waals surface area contributed by atoms with E-state index in [1.165, 1.54) is 0 Å². The highest BCUT2D eigenvalue weighted by molar-refractivity contribution is 7.98. The molecule has 3 aromatic carbocycles. The summed E-state index contributed by atoms with van der Waals surface area (Å²) < 4.78 is 39.3. The van der Waals surface area contributed by atoms with Crippen molar-refractivity contribution in [1.29, 1.82) is 0 Å². The van der Waals surface area contributed by atoms with Gasteiger partial charge in [0.05, 0.1) is 4.90 Å². The summed E-state index contributed by atoms with van der Waals surface area (Å²) in [7, 11) is -3.87. The van der Waals surface area contributed by atoms with E-state index in [-0.39, 0.29) is 24.1 Å². The summed E-state index contributed by atoms with van der Waals surface area (Å²) in [5, 5.41) is 4.60. The second-order valence-corrected chi connectivity index (χ2v) is 10.1. The maximum Gasteiger partial charge on any atom is 0.241 e. The lowest BCUT2D eigenvalue weighted by Gasteiger charge is -2.18. The molecule has 1 amide bonds. The van der Waals surface area contributed by atoms with Gasteiger partial charge in [-0.3, -0.25) is 4.79 Å². The second kappa shape index (κ2) is 9.81. The molecule has 1 aliphatic rings. The second-order valence-electron chi connectivity index (χ2n) is 7.37. The third kappa shape index (κ3) is 5.17. The average Bonchev–Trinajstić information content (AvgIpc) is 3.27. The molecule has 1 atom stereocenters. The molecule has 0 aliphatic carbocycles. The Hall–Kier alpha value is -2.75. The molecule has 7 nitrogen and oxygen atoms in total. The van der Waals surface area contributed by atoms with E-state index in [0.717, 1.165) is 16.3 Å². The number of ether oxygens (including phenoxy) is 2. The van der Waals surface area contributed by atoms with Crippen LogP contribution in [-0.4, -0.2) is 39.2 Å². The molecule has 9 heteroatoms. The lowest BCUT2D eigenvalue weighted by molar-refractivity contribution is -0.122. The minimum Gasteiger partial charge on any atom is -0.454 e. The number of carbonyl (C=O) groups excluding carboxylic acids is 1. The molecule has 0 saturated heterocycles. The first kappa shape index (κ1) is 22.4. The zero-order chi connectivity index (χ0) is 22.6. The quantitative estimate of drug-likeness (QED) is 0.496. The molecular weight excluding hydrogens is 448 g/mol. The summed E-state index contributed by atoms with van der Waals surface area (Å²) in [5.74, 6) is 1.57. The molecule has 0 aromatic heterocycles. The zero-order valence-corrected chi connectivity index (χ0v) is 19.2. The van der Waals surface area contributed by atoms with Crippen LogP contribution in [0.5, 0.6) is 11.5 Å². The van der Waals surface area contributed by atoms with Crippen LogP contribution >= 0.6 is 11.8 Å². The Balaban J connectivity index is 1.47. The largest absolute Gasteiger partial charge is 0.454 e. The summed E-state index contributed by atoms with van der Waals surface area (Å²) in [6, 6.07) is 17.0. The maximum absolute atomic E-state index is 13.0. The molecule has 0 radical (unpaired) electrons. The van der Waals surface area contributed by atoms with Gasteiger partial charge in [0.15, 0.2) is 11.5 Å². The summed E-state index contributed by atoms with van der Waals surface area (Å²) in [6.07, 6.45) is 2.29. The van der Waals surface area contributed by atoms with Crippen LogP contribution in [0.15, 0.2) is 65.6 Å². The maximum atomic E-state index is 13.0. The number of thioether (sulfide) groups is 1. The fourth-order valence-corrected chi connectivity index (χ4v) is 5.17. The fraction of sp³-hybridized carbons (Fsp3) is 0.261. The van der Waals surface area contributed by atoms with Crippen LogP contribution in [0, 0.1) is 0 Å². The lowest BCUT2D eigenvalue weighted by atomic mass is 10.1. The smallest absolute Gasteiger partial charge is 0.241 e. The van der Waals surface area contributed by atoms with Crippen molar-refractivity contribution in [3.05, 3.63) is 66.2 Å². The van der Waals surface area contributed by atoms with Gasteiger partial charge in [0.2, 0.25) is 22.7 Å². The van der Waals surface area contributed by atoms with Crippen LogP contribution in [0.1, 0.15) is 12.0 Å². The van der Waals surface area contributed by atoms with Gasteiger partial charge in [-0.2, -0.15) is 16.5 Å². The molecule has 0 saturated carbocycles. The number of amides is 1. The highest BCUT2D eigenvalue weighted by Crippen LogP contribution is 2.32. The first-order valence-electron chi connectivity index (χ1n) is 10.1. The standard InChI is InChI=1S/C23H24N2O5S2/c1-31-11-10-20(23(26)24-14-16-6-9-21-22(12-16)30-15-29-21)25-32(27,28)19-8-7-17-4-2-3-5-18(17)13-19/h2-9,12-13,20,25H,10-11,14-15H2,1H3,(H,24,26)/t20-/m1/s1. The van der Waals surface area contributed by atoms with Gasteiger partial charge in [-0.1, -0.05) is 36.4 Å². The normalized spacial score (nSPS) is 13.8. The molecule has 0 bridgehead atoms. The molecule has 4 rings (SSSR count). The van der Waals surface area contributed by atoms with Crippen LogP contribution in [0.2, 0.25) is 0 Å². The van der Waals surface area contributed by atoms with Gasteiger partial charge in [-0.25, -0.2) is 8.42 Å². The topological polar surface area (TPSA) is 93.7 Å². The molecular formula is C23H24N2O5S2. The Labute approximate surface area is 191 Å². The van der Waals surface area contributed by atoms with Crippen LogP contribution in [0.25, 0.3) is 10.8 Å². The SMILES string of the molecule is CSCC[C@@H](NS(=O)(=O)c1ccc2ccccc2c1)C(=O)NCc1ccc2c(c1)OCO2. The molecule has 32 heavy (non-hydrogen) atoms. The number of fused-ring (bicyclic) bond motifs is 2. The van der Waals surface area contributed by atoms with E-state index in [2.05, 4.69) is 10.0 Å². The van der Waals surface area contributed by atoms with Gasteiger partial charge in [0.25, 0.3) is 0 Å². The monoisotopic (exact) mass is 472 g/mol. The molecule has 3 aromatic rings. The number of hydrogen-bond donors (Lipinski definition) is 2. The van der Waals surface area contributed by atoms with Crippen molar-refractivity contribution in [2.45, 2.75) is 23.9 Å². The van der Waals surface area contributed by atoms with E-state index in [1.807, 2.05) is 36.6 Å². The van der Waals surface area contributed by atoms with Crippen LogP contribution in [0.4, 0.5) is 0 Å². The minimum atomic E-state index is -3.87. The average molecular weight is 473 g/mol. The number of nitrogens with one attached hydrogen (secondary N) is 2. The van der Waals surface area contributed by atoms with E-state index < -0.39 is 16.1 Å². The van der Waals surface area contributed by atoms with Crippen molar-refractivity contribution in [3.8, 4) is 11.5 Å². The minimum absolute atomic E-state index is 0.133. The molecule has 1 heterocycles. The highest BCUT2D eigenvalue weighted by atomic mass is 32.2. The first-order valence-corrected chi connectivity index (χ1v) is 13.0. The van der Waals surface area contributed by atoms with Crippen molar-refractivity contribution in [2.24, 2.45) is 0 Å². The van der Waals surface area contributed by atoms with Crippen LogP contribution in [0.3, 0.4) is 0 Å². The van der Waals surface area contributed by atoms with Gasteiger partial charge in [-0.05, 0) is 59.0 Å². The van der Waals surface area contributed by atoms with Gasteiger partial charge in [0.1, 0.15) is 6.04 Å². The Morgan fingerprint density at radius 1 is 1.03 bits per heavy atom. The summed E-state index contributed by atoms with van der Waals surface area (Å²) >= 11 is 1.55. The van der Waals surface area contributed by atoms with E-state index >= 15 is 0 Å². The van der Waals surface area contributed by atoms with Gasteiger partial charge in [-0.15, -0.1) is 0 Å². The Bertz CT molecular complexity index is 1230. The summed E-state index contributed by atoms with van der Waals surface area (Å²) in [5.41, 5.74) is 0.837. The molecule has 1 aliphatic heterocycles. The van der Waals surface area contributed by atoms with Gasteiger partial charge >= 0.3 is 0 Å². The molecule has 168 valence electrons. The Morgan fingerprint density at radius 3 is 2.62 bits per heavy atom. The third-order valence-electron chi connectivity index (χ3n) is 5.16. The van der Waals surface area contributed by atoms with Crippen molar-refractivity contribution in [2.75, 3.05) is 18.8 Å². The van der Waals surface area contributed by atoms with Crippen LogP contribution < -0.4 is 19.5 Å².